The zero-order valence-electron chi connectivity index (χ0n) is 13.4. The van der Waals surface area contributed by atoms with E-state index in [0.29, 0.717) is 12.6 Å². The lowest BCUT2D eigenvalue weighted by Gasteiger charge is -2.34. The summed E-state index contributed by atoms with van der Waals surface area (Å²) in [5, 5.41) is 3.08. The third kappa shape index (κ3) is 4.83. The van der Waals surface area contributed by atoms with Crippen molar-refractivity contribution in [1.29, 1.82) is 0 Å². The number of hydrogen-bond acceptors (Lipinski definition) is 3. The Morgan fingerprint density at radius 2 is 1.95 bits per heavy atom. The Morgan fingerprint density at radius 1 is 1.33 bits per heavy atom. The van der Waals surface area contributed by atoms with E-state index < -0.39 is 0 Å². The van der Waals surface area contributed by atoms with Gasteiger partial charge in [-0.3, -0.25) is 9.69 Å². The van der Waals surface area contributed by atoms with Gasteiger partial charge in [-0.25, -0.2) is 0 Å². The van der Waals surface area contributed by atoms with E-state index in [1.807, 2.05) is 37.3 Å². The Kier molecular flexibility index (Phi) is 5.76. The number of likely N-dealkylation sites (tertiary alicyclic amines) is 1. The number of benzene rings is 1. The van der Waals surface area contributed by atoms with Crippen LogP contribution < -0.4 is 5.32 Å². The number of hydrogen-bond donors (Lipinski definition) is 1. The first-order valence-corrected chi connectivity index (χ1v) is 7.79. The van der Waals surface area contributed by atoms with Crippen LogP contribution in [0.1, 0.15) is 31.4 Å². The highest BCUT2D eigenvalue weighted by Crippen LogP contribution is 2.14. The molecule has 21 heavy (non-hydrogen) atoms. The number of rotatable bonds is 5. The van der Waals surface area contributed by atoms with Crippen molar-refractivity contribution in [2.45, 2.75) is 31.8 Å². The first-order valence-electron chi connectivity index (χ1n) is 7.79. The summed E-state index contributed by atoms with van der Waals surface area (Å²) in [6, 6.07) is 10.7. The van der Waals surface area contributed by atoms with E-state index in [4.69, 9.17) is 0 Å². The van der Waals surface area contributed by atoms with E-state index in [1.165, 1.54) is 0 Å². The van der Waals surface area contributed by atoms with Gasteiger partial charge in [-0.1, -0.05) is 30.3 Å². The van der Waals surface area contributed by atoms with Crippen LogP contribution in [0.2, 0.25) is 0 Å². The lowest BCUT2D eigenvalue weighted by atomic mass is 10.0. The molecule has 4 nitrogen and oxygen atoms in total. The van der Waals surface area contributed by atoms with E-state index in [-0.39, 0.29) is 11.9 Å². The molecule has 1 atom stereocenters. The Bertz CT molecular complexity index is 441. The second kappa shape index (κ2) is 7.57. The highest BCUT2D eigenvalue weighted by atomic mass is 16.2. The zero-order valence-corrected chi connectivity index (χ0v) is 13.4. The van der Waals surface area contributed by atoms with Gasteiger partial charge in [0, 0.05) is 6.04 Å². The van der Waals surface area contributed by atoms with Gasteiger partial charge in [-0.2, -0.15) is 0 Å². The Labute approximate surface area is 128 Å². The number of carbonyl (C=O) groups is 1. The van der Waals surface area contributed by atoms with Gasteiger partial charge < -0.3 is 10.2 Å². The molecule has 1 aliphatic heterocycles. The third-order valence-electron chi connectivity index (χ3n) is 4.38. The molecular weight excluding hydrogens is 262 g/mol. The van der Waals surface area contributed by atoms with Crippen LogP contribution in [0.3, 0.4) is 0 Å². The molecule has 1 fully saturated rings. The summed E-state index contributed by atoms with van der Waals surface area (Å²) in [7, 11) is 4.22. The molecule has 1 aromatic carbocycles. The average molecular weight is 289 g/mol. The minimum absolute atomic E-state index is 0.0598. The van der Waals surface area contributed by atoms with Crippen LogP contribution in [0, 0.1) is 0 Å². The molecule has 0 aromatic heterocycles. The standard InChI is InChI=1S/C17H27N3O/c1-14(15-7-5-4-6-8-15)18-17(21)13-20(3)16-9-11-19(2)12-10-16/h4-8,14,16H,9-13H2,1-3H3,(H,18,21)/t14-/m0/s1. The van der Waals surface area contributed by atoms with Crippen molar-refractivity contribution < 1.29 is 4.79 Å². The molecular formula is C17H27N3O. The monoisotopic (exact) mass is 289 g/mol. The third-order valence-corrected chi connectivity index (χ3v) is 4.38. The van der Waals surface area contributed by atoms with Crippen LogP contribution in [0.4, 0.5) is 0 Å². The number of piperidine rings is 1. The molecule has 0 saturated carbocycles. The molecule has 1 amide bonds. The predicted molar refractivity (Wildman–Crippen MR) is 86.1 cm³/mol. The van der Waals surface area contributed by atoms with Gasteiger partial charge >= 0.3 is 0 Å². The molecule has 1 saturated heterocycles. The summed E-state index contributed by atoms with van der Waals surface area (Å²) >= 11 is 0. The summed E-state index contributed by atoms with van der Waals surface area (Å²) in [6.07, 6.45) is 2.29. The number of amides is 1. The van der Waals surface area contributed by atoms with Gasteiger partial charge in [0.2, 0.25) is 5.91 Å². The molecule has 0 radical (unpaired) electrons. The normalized spacial score (nSPS) is 18.7. The van der Waals surface area contributed by atoms with Crippen LogP contribution in [0.15, 0.2) is 30.3 Å². The minimum atomic E-state index is 0.0598. The van der Waals surface area contributed by atoms with Crippen molar-refractivity contribution in [1.82, 2.24) is 15.1 Å². The first kappa shape index (κ1) is 16.0. The van der Waals surface area contributed by atoms with Crippen molar-refractivity contribution in [2.75, 3.05) is 33.7 Å². The SMILES string of the molecule is C[C@H](NC(=O)CN(C)C1CCN(C)CC1)c1ccccc1. The highest BCUT2D eigenvalue weighted by molar-refractivity contribution is 5.78. The van der Waals surface area contributed by atoms with Crippen molar-refractivity contribution in [3.63, 3.8) is 0 Å². The molecule has 116 valence electrons. The molecule has 1 heterocycles. The lowest BCUT2D eigenvalue weighted by Crippen LogP contribution is -2.46. The quantitative estimate of drug-likeness (QED) is 0.899. The predicted octanol–water partition coefficient (Wildman–Crippen LogP) is 1.89. The number of carbonyl (C=O) groups excluding carboxylic acids is 1. The lowest BCUT2D eigenvalue weighted by molar-refractivity contribution is -0.123. The molecule has 1 N–H and O–H groups in total. The molecule has 0 unspecified atom stereocenters. The molecule has 4 heteroatoms. The van der Waals surface area contributed by atoms with Gasteiger partial charge in [-0.05, 0) is 52.5 Å². The summed E-state index contributed by atoms with van der Waals surface area (Å²) in [4.78, 5) is 16.7. The van der Waals surface area contributed by atoms with Gasteiger partial charge in [0.15, 0.2) is 0 Å². The number of nitrogens with one attached hydrogen (secondary N) is 1. The first-order chi connectivity index (χ1) is 10.1. The van der Waals surface area contributed by atoms with Crippen LogP contribution in [0.25, 0.3) is 0 Å². The van der Waals surface area contributed by atoms with Gasteiger partial charge in [0.05, 0.1) is 12.6 Å². The van der Waals surface area contributed by atoms with Crippen molar-refractivity contribution in [2.24, 2.45) is 0 Å². The van der Waals surface area contributed by atoms with E-state index in [1.54, 1.807) is 0 Å². The minimum Gasteiger partial charge on any atom is -0.348 e. The molecule has 0 spiro atoms. The fourth-order valence-electron chi connectivity index (χ4n) is 2.90. The molecule has 1 aromatic rings. The zero-order chi connectivity index (χ0) is 15.2. The second-order valence-electron chi connectivity index (χ2n) is 6.15. The van der Waals surface area contributed by atoms with Gasteiger partial charge in [0.25, 0.3) is 0 Å². The van der Waals surface area contributed by atoms with Crippen LogP contribution >= 0.6 is 0 Å². The highest BCUT2D eigenvalue weighted by Gasteiger charge is 2.22. The van der Waals surface area contributed by atoms with E-state index in [9.17, 15) is 4.79 Å². The second-order valence-corrected chi connectivity index (χ2v) is 6.15. The Hall–Kier alpha value is -1.39. The molecule has 0 aliphatic carbocycles. The smallest absolute Gasteiger partial charge is 0.234 e. The number of likely N-dealkylation sites (N-methyl/N-ethyl adjacent to an activating group) is 1. The maximum absolute atomic E-state index is 12.2. The maximum Gasteiger partial charge on any atom is 0.234 e. The molecule has 2 rings (SSSR count). The van der Waals surface area contributed by atoms with Crippen LogP contribution in [-0.4, -0.2) is 55.5 Å². The summed E-state index contributed by atoms with van der Waals surface area (Å²) in [5.74, 6) is 0.104. The summed E-state index contributed by atoms with van der Waals surface area (Å²) in [5.41, 5.74) is 1.15. The van der Waals surface area contributed by atoms with Crippen LogP contribution in [0.5, 0.6) is 0 Å². The Morgan fingerprint density at radius 3 is 2.57 bits per heavy atom. The fraction of sp³-hybridized carbons (Fsp3) is 0.588. The van der Waals surface area contributed by atoms with E-state index in [0.717, 1.165) is 31.5 Å². The van der Waals surface area contributed by atoms with E-state index >= 15 is 0 Å². The molecule has 1 aliphatic rings. The van der Waals surface area contributed by atoms with Gasteiger partial charge in [-0.15, -0.1) is 0 Å². The summed E-state index contributed by atoms with van der Waals surface area (Å²) < 4.78 is 0. The molecule has 0 bridgehead atoms. The van der Waals surface area contributed by atoms with Crippen molar-refractivity contribution in [3.05, 3.63) is 35.9 Å². The number of nitrogens with zero attached hydrogens (tertiary/aromatic N) is 2. The topological polar surface area (TPSA) is 35.6 Å². The van der Waals surface area contributed by atoms with Crippen LogP contribution in [-0.2, 0) is 4.79 Å². The largest absolute Gasteiger partial charge is 0.348 e. The summed E-state index contributed by atoms with van der Waals surface area (Å²) in [6.45, 7) is 4.75. The van der Waals surface area contributed by atoms with Crippen molar-refractivity contribution >= 4 is 5.91 Å². The van der Waals surface area contributed by atoms with Crippen molar-refractivity contribution in [3.8, 4) is 0 Å². The van der Waals surface area contributed by atoms with Gasteiger partial charge in [0.1, 0.15) is 0 Å². The fourth-order valence-corrected chi connectivity index (χ4v) is 2.90. The average Bonchev–Trinajstić information content (AvgIpc) is 2.48. The Balaban J connectivity index is 1.78. The maximum atomic E-state index is 12.2. The van der Waals surface area contributed by atoms with E-state index in [2.05, 4.69) is 29.2 Å².